The fourth-order valence-corrected chi connectivity index (χ4v) is 4.25. The number of fused-ring (bicyclic) bond motifs is 1. The van der Waals surface area contributed by atoms with E-state index >= 15 is 0 Å². The van der Waals surface area contributed by atoms with Crippen molar-refractivity contribution in [3.8, 4) is 0 Å². The van der Waals surface area contributed by atoms with Gasteiger partial charge in [0.1, 0.15) is 0 Å². The van der Waals surface area contributed by atoms with Gasteiger partial charge in [-0.1, -0.05) is 55.4 Å². The standard InChI is InChI=1S/C19H20N2O2S2/c1-2-3-10-23-18(22)20-12-17-13-21-19(25-17)24-16-9-8-14-6-4-5-7-15(14)11-16/h4-9,11,13H,2-3,10,12H2,1H3,(H,20,22). The van der Waals surface area contributed by atoms with Crippen molar-refractivity contribution < 1.29 is 9.53 Å². The largest absolute Gasteiger partial charge is 0.450 e. The fraction of sp³-hybridized carbons (Fsp3) is 0.263. The van der Waals surface area contributed by atoms with Gasteiger partial charge < -0.3 is 10.1 Å². The maximum absolute atomic E-state index is 11.6. The predicted molar refractivity (Wildman–Crippen MR) is 103 cm³/mol. The number of nitrogens with one attached hydrogen (secondary N) is 1. The zero-order valence-electron chi connectivity index (χ0n) is 14.0. The number of hydrogen-bond acceptors (Lipinski definition) is 5. The van der Waals surface area contributed by atoms with Crippen molar-refractivity contribution in [1.29, 1.82) is 0 Å². The molecule has 4 nitrogen and oxygen atoms in total. The smallest absolute Gasteiger partial charge is 0.407 e. The molecule has 0 radical (unpaired) electrons. The second kappa shape index (κ2) is 8.87. The summed E-state index contributed by atoms with van der Waals surface area (Å²) < 4.78 is 6.04. The summed E-state index contributed by atoms with van der Waals surface area (Å²) in [7, 11) is 0. The number of thiazole rings is 1. The predicted octanol–water partition coefficient (Wildman–Crippen LogP) is 5.47. The molecule has 2 aromatic carbocycles. The van der Waals surface area contributed by atoms with E-state index in [1.807, 2.05) is 12.1 Å². The van der Waals surface area contributed by atoms with Gasteiger partial charge in [-0.25, -0.2) is 9.78 Å². The van der Waals surface area contributed by atoms with Gasteiger partial charge in [-0.3, -0.25) is 0 Å². The minimum absolute atomic E-state index is 0.370. The average Bonchev–Trinajstić information content (AvgIpc) is 3.07. The van der Waals surface area contributed by atoms with Crippen molar-refractivity contribution in [2.75, 3.05) is 6.61 Å². The van der Waals surface area contributed by atoms with Crippen LogP contribution in [0, 0.1) is 0 Å². The highest BCUT2D eigenvalue weighted by molar-refractivity contribution is 8.01. The molecule has 0 aliphatic rings. The Bertz CT molecular complexity index is 848. The van der Waals surface area contributed by atoms with Gasteiger partial charge in [-0.15, -0.1) is 11.3 Å². The highest BCUT2D eigenvalue weighted by Crippen LogP contribution is 2.32. The molecule has 3 aromatic rings. The van der Waals surface area contributed by atoms with E-state index in [4.69, 9.17) is 4.74 Å². The van der Waals surface area contributed by atoms with Gasteiger partial charge in [0.15, 0.2) is 4.34 Å². The molecule has 0 spiro atoms. The van der Waals surface area contributed by atoms with Crippen LogP contribution in [0.5, 0.6) is 0 Å². The summed E-state index contributed by atoms with van der Waals surface area (Å²) in [6, 6.07) is 14.7. The lowest BCUT2D eigenvalue weighted by Gasteiger charge is -2.04. The van der Waals surface area contributed by atoms with Gasteiger partial charge in [0.05, 0.1) is 13.2 Å². The van der Waals surface area contributed by atoms with Crippen molar-refractivity contribution in [3.63, 3.8) is 0 Å². The van der Waals surface area contributed by atoms with Crippen molar-refractivity contribution >= 4 is 40.0 Å². The lowest BCUT2D eigenvalue weighted by atomic mass is 10.1. The topological polar surface area (TPSA) is 51.2 Å². The number of unbranched alkanes of at least 4 members (excludes halogenated alkanes) is 1. The molecule has 1 aromatic heterocycles. The van der Waals surface area contributed by atoms with Crippen LogP contribution in [0.25, 0.3) is 10.8 Å². The van der Waals surface area contributed by atoms with Crippen LogP contribution in [-0.2, 0) is 11.3 Å². The van der Waals surface area contributed by atoms with Crippen molar-refractivity contribution in [2.24, 2.45) is 0 Å². The van der Waals surface area contributed by atoms with Crippen molar-refractivity contribution in [2.45, 2.75) is 35.5 Å². The maximum atomic E-state index is 11.6. The van der Waals surface area contributed by atoms with Crippen LogP contribution in [0.2, 0.25) is 0 Å². The number of aromatic nitrogens is 1. The van der Waals surface area contributed by atoms with E-state index < -0.39 is 0 Å². The number of carbonyl (C=O) groups excluding carboxylic acids is 1. The first kappa shape index (κ1) is 17.8. The molecule has 25 heavy (non-hydrogen) atoms. The second-order valence-electron chi connectivity index (χ2n) is 5.55. The Balaban J connectivity index is 1.54. The van der Waals surface area contributed by atoms with Crippen LogP contribution in [0.3, 0.4) is 0 Å². The van der Waals surface area contributed by atoms with Crippen LogP contribution >= 0.6 is 23.1 Å². The molecular formula is C19H20N2O2S2. The SMILES string of the molecule is CCCCOC(=O)NCc1cnc(Sc2ccc3ccccc3c2)s1. The summed E-state index contributed by atoms with van der Waals surface area (Å²) >= 11 is 3.22. The van der Waals surface area contributed by atoms with Crippen molar-refractivity contribution in [1.82, 2.24) is 10.3 Å². The number of alkyl carbamates (subject to hydrolysis) is 1. The Hall–Kier alpha value is -2.05. The molecular weight excluding hydrogens is 352 g/mol. The average molecular weight is 373 g/mol. The summed E-state index contributed by atoms with van der Waals surface area (Å²) in [5, 5.41) is 5.22. The van der Waals surface area contributed by atoms with Crippen LogP contribution in [-0.4, -0.2) is 17.7 Å². The molecule has 0 aliphatic heterocycles. The quantitative estimate of drug-likeness (QED) is 0.558. The second-order valence-corrected chi connectivity index (χ2v) is 7.98. The highest BCUT2D eigenvalue weighted by atomic mass is 32.2. The van der Waals surface area contributed by atoms with E-state index in [1.165, 1.54) is 10.8 Å². The van der Waals surface area contributed by atoms with Gasteiger partial charge in [-0.05, 0) is 29.3 Å². The molecule has 0 bridgehead atoms. The van der Waals surface area contributed by atoms with Crippen LogP contribution in [0.15, 0.2) is 57.9 Å². The first-order valence-electron chi connectivity index (χ1n) is 8.26. The summed E-state index contributed by atoms with van der Waals surface area (Å²) in [6.45, 7) is 2.97. The van der Waals surface area contributed by atoms with Gasteiger partial charge >= 0.3 is 6.09 Å². The maximum Gasteiger partial charge on any atom is 0.407 e. The molecule has 6 heteroatoms. The van der Waals surface area contributed by atoms with Crippen LogP contribution in [0.4, 0.5) is 4.79 Å². The lowest BCUT2D eigenvalue weighted by molar-refractivity contribution is 0.144. The van der Waals surface area contributed by atoms with E-state index in [1.54, 1.807) is 29.3 Å². The number of ether oxygens (including phenoxy) is 1. The van der Waals surface area contributed by atoms with E-state index in [9.17, 15) is 4.79 Å². The van der Waals surface area contributed by atoms with E-state index in [2.05, 4.69) is 47.6 Å². The molecule has 1 amide bonds. The Kier molecular flexibility index (Phi) is 6.30. The zero-order valence-corrected chi connectivity index (χ0v) is 15.7. The molecule has 1 N–H and O–H groups in total. The molecule has 0 aliphatic carbocycles. The third-order valence-electron chi connectivity index (χ3n) is 3.60. The van der Waals surface area contributed by atoms with E-state index in [0.717, 1.165) is 27.0 Å². The van der Waals surface area contributed by atoms with Gasteiger partial charge in [0.25, 0.3) is 0 Å². The van der Waals surface area contributed by atoms with Gasteiger partial charge in [-0.2, -0.15) is 0 Å². The molecule has 0 saturated heterocycles. The summed E-state index contributed by atoms with van der Waals surface area (Å²) in [4.78, 5) is 18.2. The Morgan fingerprint density at radius 2 is 2.08 bits per heavy atom. The van der Waals surface area contributed by atoms with Crippen LogP contribution < -0.4 is 5.32 Å². The zero-order chi connectivity index (χ0) is 17.5. The van der Waals surface area contributed by atoms with Crippen molar-refractivity contribution in [3.05, 3.63) is 53.5 Å². The molecule has 0 unspecified atom stereocenters. The first-order valence-corrected chi connectivity index (χ1v) is 9.90. The minimum atomic E-state index is -0.370. The number of amides is 1. The number of carbonyl (C=O) groups is 1. The Labute approximate surface area is 155 Å². The molecule has 0 fully saturated rings. The van der Waals surface area contributed by atoms with E-state index in [0.29, 0.717) is 13.2 Å². The monoisotopic (exact) mass is 372 g/mol. The highest BCUT2D eigenvalue weighted by Gasteiger charge is 2.07. The number of nitrogens with zero attached hydrogens (tertiary/aromatic N) is 1. The fourth-order valence-electron chi connectivity index (χ4n) is 2.27. The van der Waals surface area contributed by atoms with Gasteiger partial charge in [0.2, 0.25) is 0 Å². The van der Waals surface area contributed by atoms with E-state index in [-0.39, 0.29) is 6.09 Å². The Morgan fingerprint density at radius 3 is 2.92 bits per heavy atom. The third-order valence-corrected chi connectivity index (χ3v) is 5.66. The van der Waals surface area contributed by atoms with Gasteiger partial charge in [0, 0.05) is 16.0 Å². The normalized spacial score (nSPS) is 10.8. The molecule has 1 heterocycles. The molecule has 3 rings (SSSR count). The first-order chi connectivity index (χ1) is 12.2. The lowest BCUT2D eigenvalue weighted by Crippen LogP contribution is -2.23. The third kappa shape index (κ3) is 5.21. The summed E-state index contributed by atoms with van der Waals surface area (Å²) in [6.07, 6.45) is 3.34. The number of hydrogen-bond donors (Lipinski definition) is 1. The minimum Gasteiger partial charge on any atom is -0.450 e. The number of rotatable bonds is 7. The van der Waals surface area contributed by atoms with Crippen LogP contribution in [0.1, 0.15) is 24.6 Å². The molecule has 130 valence electrons. The summed E-state index contributed by atoms with van der Waals surface area (Å²) in [5.74, 6) is 0. The number of benzene rings is 2. The molecule has 0 atom stereocenters. The summed E-state index contributed by atoms with van der Waals surface area (Å²) in [5.41, 5.74) is 0. The molecule has 0 saturated carbocycles. The Morgan fingerprint density at radius 1 is 1.24 bits per heavy atom.